The third kappa shape index (κ3) is 6.02. The van der Waals surface area contributed by atoms with Gasteiger partial charge in [-0.3, -0.25) is 0 Å². The number of methoxy groups -OCH3 is 1. The van der Waals surface area contributed by atoms with Crippen LogP contribution in [0.4, 0.5) is 17.6 Å². The number of carboxylic acid groups (broad SMARTS) is 1. The topological polar surface area (TPSA) is 110 Å². The first-order valence-electron chi connectivity index (χ1n) is 12.9. The average Bonchev–Trinajstić information content (AvgIpc) is 3.36. The van der Waals surface area contributed by atoms with Crippen LogP contribution in [0.2, 0.25) is 0 Å². The quantitative estimate of drug-likeness (QED) is 0.156. The maximum absolute atomic E-state index is 15.4. The summed E-state index contributed by atoms with van der Waals surface area (Å²) in [7, 11) is 1.41. The monoisotopic (exact) mass is 590 g/mol. The third-order valence-electron chi connectivity index (χ3n) is 6.71. The van der Waals surface area contributed by atoms with E-state index in [0.717, 1.165) is 17.7 Å². The fourth-order valence-electron chi connectivity index (χ4n) is 4.54. The zero-order chi connectivity index (χ0) is 30.7. The lowest BCUT2D eigenvalue weighted by molar-refractivity contribution is 0.0696. The molecule has 0 spiro atoms. The van der Waals surface area contributed by atoms with Gasteiger partial charge in [0.1, 0.15) is 23.8 Å². The lowest BCUT2D eigenvalue weighted by atomic mass is 10.0. The number of ether oxygens (including phenoxy) is 2. The summed E-state index contributed by atoms with van der Waals surface area (Å²) < 4.78 is 73.0. The largest absolute Gasteiger partial charge is 0.478 e. The lowest BCUT2D eigenvalue weighted by Crippen LogP contribution is -2.11. The van der Waals surface area contributed by atoms with Crippen molar-refractivity contribution < 1.29 is 36.9 Å². The van der Waals surface area contributed by atoms with Crippen LogP contribution in [0.1, 0.15) is 32.9 Å². The van der Waals surface area contributed by atoms with Gasteiger partial charge >= 0.3 is 5.97 Å². The number of halogens is 4. The Balaban J connectivity index is 1.46. The summed E-state index contributed by atoms with van der Waals surface area (Å²) in [5.74, 6) is -6.15. The van der Waals surface area contributed by atoms with Crippen LogP contribution in [0.5, 0.6) is 5.88 Å². The van der Waals surface area contributed by atoms with Crippen molar-refractivity contribution in [2.24, 2.45) is 0 Å². The van der Waals surface area contributed by atoms with Gasteiger partial charge in [0.15, 0.2) is 17.5 Å². The molecule has 43 heavy (non-hydrogen) atoms. The first-order valence-corrected chi connectivity index (χ1v) is 12.9. The van der Waals surface area contributed by atoms with Gasteiger partial charge in [0.05, 0.1) is 35.0 Å². The number of aromatic nitrogens is 3. The van der Waals surface area contributed by atoms with E-state index >= 15 is 13.2 Å². The summed E-state index contributed by atoms with van der Waals surface area (Å²) in [5, 5.41) is 18.3. The van der Waals surface area contributed by atoms with E-state index in [9.17, 15) is 14.3 Å². The predicted octanol–water partition coefficient (Wildman–Crippen LogP) is 6.04. The van der Waals surface area contributed by atoms with E-state index in [1.54, 1.807) is 24.3 Å². The van der Waals surface area contributed by atoms with Crippen molar-refractivity contribution in [2.75, 3.05) is 13.7 Å². The molecule has 0 unspecified atom stereocenters. The Hall–Kier alpha value is -5.28. The van der Waals surface area contributed by atoms with Crippen LogP contribution >= 0.6 is 0 Å². The van der Waals surface area contributed by atoms with E-state index in [2.05, 4.69) is 9.97 Å². The number of hydrogen-bond donors (Lipinski definition) is 1. The van der Waals surface area contributed by atoms with Gasteiger partial charge in [-0.2, -0.15) is 5.26 Å². The van der Waals surface area contributed by atoms with E-state index in [0.29, 0.717) is 5.56 Å². The van der Waals surface area contributed by atoms with Crippen molar-refractivity contribution in [1.82, 2.24) is 14.5 Å². The van der Waals surface area contributed by atoms with Crippen molar-refractivity contribution in [2.45, 2.75) is 19.6 Å². The summed E-state index contributed by atoms with van der Waals surface area (Å²) in [6, 6.07) is 15.9. The van der Waals surface area contributed by atoms with E-state index in [1.165, 1.54) is 35.9 Å². The highest BCUT2D eigenvalue weighted by Crippen LogP contribution is 2.31. The van der Waals surface area contributed by atoms with Crippen LogP contribution in [-0.2, 0) is 24.3 Å². The second-order valence-corrected chi connectivity index (χ2v) is 9.45. The number of hydrogen-bond acceptors (Lipinski definition) is 6. The molecule has 0 saturated heterocycles. The van der Waals surface area contributed by atoms with E-state index in [-0.39, 0.29) is 53.8 Å². The molecule has 1 N–H and O–H groups in total. The van der Waals surface area contributed by atoms with Crippen LogP contribution < -0.4 is 4.74 Å². The molecule has 0 aliphatic carbocycles. The fraction of sp³-hybridized carbons (Fsp3) is 0.161. The van der Waals surface area contributed by atoms with Crippen molar-refractivity contribution >= 4 is 17.0 Å². The lowest BCUT2D eigenvalue weighted by Gasteiger charge is -2.13. The SMILES string of the molecule is COCCn1c(Cc2c(F)cc(-c3cccc(OCc4ccc(C#N)cc4)n3)c(F)c2F)nc2c(F)cc(C(=O)O)cc21. The number of benzene rings is 3. The molecule has 0 bridgehead atoms. The summed E-state index contributed by atoms with van der Waals surface area (Å²) in [4.78, 5) is 19.8. The molecule has 2 heterocycles. The first kappa shape index (κ1) is 29.2. The van der Waals surface area contributed by atoms with Gasteiger partial charge in [-0.25, -0.2) is 32.3 Å². The molecule has 0 aliphatic heterocycles. The molecule has 0 aliphatic rings. The highest BCUT2D eigenvalue weighted by Gasteiger charge is 2.24. The van der Waals surface area contributed by atoms with Crippen LogP contribution in [0, 0.1) is 34.6 Å². The molecule has 5 rings (SSSR count). The Kier molecular flexibility index (Phi) is 8.36. The maximum atomic E-state index is 15.4. The second kappa shape index (κ2) is 12.3. The van der Waals surface area contributed by atoms with Crippen LogP contribution in [-0.4, -0.2) is 39.3 Å². The number of imidazole rings is 1. The zero-order valence-electron chi connectivity index (χ0n) is 22.6. The number of carbonyl (C=O) groups is 1. The highest BCUT2D eigenvalue weighted by molar-refractivity contribution is 5.92. The molecular formula is C31H22F4N4O4. The van der Waals surface area contributed by atoms with Crippen molar-refractivity contribution in [1.29, 1.82) is 5.26 Å². The molecule has 12 heteroatoms. The third-order valence-corrected chi connectivity index (χ3v) is 6.71. The number of fused-ring (bicyclic) bond motifs is 1. The molecule has 5 aromatic rings. The molecular weight excluding hydrogens is 568 g/mol. The normalized spacial score (nSPS) is 11.1. The van der Waals surface area contributed by atoms with E-state index in [1.807, 2.05) is 6.07 Å². The second-order valence-electron chi connectivity index (χ2n) is 9.45. The summed E-state index contributed by atoms with van der Waals surface area (Å²) in [6.07, 6.45) is -0.559. The van der Waals surface area contributed by atoms with Gasteiger partial charge in [-0.05, 0) is 42.0 Å². The predicted molar refractivity (Wildman–Crippen MR) is 146 cm³/mol. The minimum absolute atomic E-state index is 0.0187. The summed E-state index contributed by atoms with van der Waals surface area (Å²) in [5.41, 5.74) is -0.378. The van der Waals surface area contributed by atoms with Crippen molar-refractivity contribution in [3.05, 3.63) is 112 Å². The average molecular weight is 591 g/mol. The number of carboxylic acids is 1. The molecule has 218 valence electrons. The minimum atomic E-state index is -1.47. The molecule has 3 aromatic carbocycles. The van der Waals surface area contributed by atoms with Crippen LogP contribution in [0.3, 0.4) is 0 Å². The maximum Gasteiger partial charge on any atom is 0.335 e. The molecule has 8 nitrogen and oxygen atoms in total. The van der Waals surface area contributed by atoms with E-state index < -0.39 is 46.8 Å². The zero-order valence-corrected chi connectivity index (χ0v) is 22.6. The van der Waals surface area contributed by atoms with Gasteiger partial charge in [0.25, 0.3) is 0 Å². The molecule has 0 fully saturated rings. The molecule has 0 amide bonds. The number of nitriles is 1. The Bertz CT molecular complexity index is 1880. The van der Waals surface area contributed by atoms with Crippen molar-refractivity contribution in [3.63, 3.8) is 0 Å². The summed E-state index contributed by atoms with van der Waals surface area (Å²) in [6.45, 7) is 0.254. The fourth-order valence-corrected chi connectivity index (χ4v) is 4.54. The number of aromatic carboxylic acids is 1. The number of pyridine rings is 1. The minimum Gasteiger partial charge on any atom is -0.478 e. The highest BCUT2D eigenvalue weighted by atomic mass is 19.2. The van der Waals surface area contributed by atoms with Crippen LogP contribution in [0.15, 0.2) is 60.7 Å². The van der Waals surface area contributed by atoms with Crippen LogP contribution in [0.25, 0.3) is 22.3 Å². The first-order chi connectivity index (χ1) is 20.7. The molecule has 2 aromatic heterocycles. The Labute approximate surface area is 242 Å². The van der Waals surface area contributed by atoms with Gasteiger partial charge < -0.3 is 19.1 Å². The standard InChI is InChI=1S/C31H22F4N4O4/c1-42-10-9-39-25-12-19(31(40)41)11-23(33)30(25)38-26(39)14-20-22(32)13-21(29(35)28(20)34)24-3-2-4-27(37-24)43-16-18-7-5-17(15-36)6-8-18/h2-8,11-13H,9-10,14,16H2,1H3,(H,40,41). The van der Waals surface area contributed by atoms with Crippen molar-refractivity contribution in [3.8, 4) is 23.2 Å². The summed E-state index contributed by atoms with van der Waals surface area (Å²) >= 11 is 0. The Morgan fingerprint density at radius 2 is 1.77 bits per heavy atom. The molecule has 0 atom stereocenters. The van der Waals surface area contributed by atoms with Gasteiger partial charge in [-0.1, -0.05) is 18.2 Å². The van der Waals surface area contributed by atoms with Gasteiger partial charge in [-0.15, -0.1) is 0 Å². The Morgan fingerprint density at radius 1 is 1.00 bits per heavy atom. The molecule has 0 saturated carbocycles. The number of rotatable bonds is 10. The van der Waals surface area contributed by atoms with Gasteiger partial charge in [0.2, 0.25) is 5.88 Å². The van der Waals surface area contributed by atoms with E-state index in [4.69, 9.17) is 14.7 Å². The Morgan fingerprint density at radius 3 is 2.47 bits per heavy atom. The van der Waals surface area contributed by atoms with Gasteiger partial charge in [0, 0.05) is 37.3 Å². The smallest absolute Gasteiger partial charge is 0.335 e. The molecule has 0 radical (unpaired) electrons. The number of nitrogens with zero attached hydrogens (tertiary/aromatic N) is 4.